The molecule has 0 aliphatic rings. The van der Waals surface area contributed by atoms with Crippen LogP contribution in [-0.2, 0) is 7.05 Å². The normalized spacial score (nSPS) is 11.1. The van der Waals surface area contributed by atoms with Crippen LogP contribution in [0.15, 0.2) is 27.8 Å². The van der Waals surface area contributed by atoms with Gasteiger partial charge in [0.1, 0.15) is 11.2 Å². The molecule has 3 aromatic heterocycles. The maximum atomic E-state index is 11.7. The van der Waals surface area contributed by atoms with Crippen molar-refractivity contribution in [1.29, 1.82) is 0 Å². The van der Waals surface area contributed by atoms with Crippen LogP contribution in [0.25, 0.3) is 22.7 Å². The molecule has 3 heterocycles. The molecule has 0 radical (unpaired) electrons. The number of hydrogen-bond acceptors (Lipinski definition) is 4. The fourth-order valence-corrected chi connectivity index (χ4v) is 1.90. The van der Waals surface area contributed by atoms with Crippen LogP contribution >= 0.6 is 0 Å². The Balaban J connectivity index is 2.34. The standard InChI is InChI=1S/C12H11N5O2/c1-6-4-3-5-7(13-6)9-14-8-10(15-9)17(2)12(19)16-11(8)18/h3-5H,1-2H3,(H,14,15)(H,16,18,19). The summed E-state index contributed by atoms with van der Waals surface area (Å²) in [6, 6.07) is 5.51. The zero-order valence-electron chi connectivity index (χ0n) is 10.4. The molecule has 2 N–H and O–H groups in total. The molecule has 96 valence electrons. The SMILES string of the molecule is Cc1cccc(-c2nc3c([nH]2)c(=O)[nH]c(=O)n3C)n1. The first-order chi connectivity index (χ1) is 9.06. The number of fused-ring (bicyclic) bond motifs is 1. The lowest BCUT2D eigenvalue weighted by molar-refractivity contribution is 0.832. The van der Waals surface area contributed by atoms with E-state index in [-0.39, 0.29) is 5.52 Å². The molecule has 3 rings (SSSR count). The summed E-state index contributed by atoms with van der Waals surface area (Å²) in [4.78, 5) is 36.9. The van der Waals surface area contributed by atoms with Gasteiger partial charge in [0.15, 0.2) is 11.5 Å². The lowest BCUT2D eigenvalue weighted by Gasteiger charge is -1.96. The summed E-state index contributed by atoms with van der Waals surface area (Å²) < 4.78 is 1.28. The van der Waals surface area contributed by atoms with Gasteiger partial charge in [-0.3, -0.25) is 14.3 Å². The van der Waals surface area contributed by atoms with Crippen molar-refractivity contribution < 1.29 is 0 Å². The van der Waals surface area contributed by atoms with Gasteiger partial charge in [0.25, 0.3) is 5.56 Å². The van der Waals surface area contributed by atoms with Crippen molar-refractivity contribution in [2.24, 2.45) is 7.05 Å². The van der Waals surface area contributed by atoms with Crippen LogP contribution in [0, 0.1) is 6.92 Å². The Morgan fingerprint density at radius 1 is 1.16 bits per heavy atom. The molecule has 0 aliphatic carbocycles. The van der Waals surface area contributed by atoms with Gasteiger partial charge < -0.3 is 4.98 Å². The maximum absolute atomic E-state index is 11.7. The summed E-state index contributed by atoms with van der Waals surface area (Å²) in [6.07, 6.45) is 0. The van der Waals surface area contributed by atoms with Gasteiger partial charge >= 0.3 is 5.69 Å². The number of hydrogen-bond donors (Lipinski definition) is 2. The average molecular weight is 257 g/mol. The minimum Gasteiger partial charge on any atom is -0.331 e. The third-order valence-electron chi connectivity index (χ3n) is 2.89. The van der Waals surface area contributed by atoms with Crippen molar-refractivity contribution in [3.63, 3.8) is 0 Å². The highest BCUT2D eigenvalue weighted by atomic mass is 16.2. The molecule has 3 aromatic rings. The third-order valence-corrected chi connectivity index (χ3v) is 2.89. The van der Waals surface area contributed by atoms with E-state index in [9.17, 15) is 9.59 Å². The van der Waals surface area contributed by atoms with Gasteiger partial charge in [0.2, 0.25) is 0 Å². The van der Waals surface area contributed by atoms with Gasteiger partial charge in [-0.15, -0.1) is 0 Å². The number of nitrogens with one attached hydrogen (secondary N) is 2. The van der Waals surface area contributed by atoms with Crippen molar-refractivity contribution in [3.05, 3.63) is 44.7 Å². The summed E-state index contributed by atoms with van der Waals surface area (Å²) in [6.45, 7) is 1.87. The Bertz CT molecular complexity index is 887. The summed E-state index contributed by atoms with van der Waals surface area (Å²) in [5.41, 5.74) is 1.08. The lowest BCUT2D eigenvalue weighted by Crippen LogP contribution is -2.28. The van der Waals surface area contributed by atoms with E-state index in [1.165, 1.54) is 4.57 Å². The molecule has 0 saturated carbocycles. The van der Waals surface area contributed by atoms with Gasteiger partial charge in [-0.05, 0) is 19.1 Å². The fraction of sp³-hybridized carbons (Fsp3) is 0.167. The number of nitrogens with zero attached hydrogens (tertiary/aromatic N) is 3. The molecule has 0 fully saturated rings. The van der Waals surface area contributed by atoms with Crippen molar-refractivity contribution in [2.45, 2.75) is 6.92 Å². The van der Waals surface area contributed by atoms with E-state index in [1.807, 2.05) is 19.1 Å². The molecule has 19 heavy (non-hydrogen) atoms. The van der Waals surface area contributed by atoms with Gasteiger partial charge in [-0.2, -0.15) is 0 Å². The minimum absolute atomic E-state index is 0.264. The van der Waals surface area contributed by atoms with E-state index in [1.54, 1.807) is 13.1 Å². The van der Waals surface area contributed by atoms with Crippen molar-refractivity contribution >= 4 is 11.2 Å². The van der Waals surface area contributed by atoms with Crippen LogP contribution in [-0.4, -0.2) is 24.5 Å². The van der Waals surface area contributed by atoms with Gasteiger partial charge in [-0.25, -0.2) is 14.8 Å². The Hall–Kier alpha value is -2.70. The largest absolute Gasteiger partial charge is 0.331 e. The second-order valence-corrected chi connectivity index (χ2v) is 4.27. The fourth-order valence-electron chi connectivity index (χ4n) is 1.90. The van der Waals surface area contributed by atoms with Gasteiger partial charge in [-0.1, -0.05) is 6.07 Å². The minimum atomic E-state index is -0.493. The highest BCUT2D eigenvalue weighted by molar-refractivity contribution is 5.74. The van der Waals surface area contributed by atoms with Crippen LogP contribution in [0.3, 0.4) is 0 Å². The van der Waals surface area contributed by atoms with Crippen LogP contribution in [0.5, 0.6) is 0 Å². The Kier molecular flexibility index (Phi) is 2.34. The van der Waals surface area contributed by atoms with Crippen LogP contribution in [0.4, 0.5) is 0 Å². The van der Waals surface area contributed by atoms with E-state index in [4.69, 9.17) is 0 Å². The average Bonchev–Trinajstić information content (AvgIpc) is 2.82. The first kappa shape index (κ1) is 11.4. The number of H-pyrrole nitrogens is 2. The predicted octanol–water partition coefficient (Wildman–Crippen LogP) is 0.320. The van der Waals surface area contributed by atoms with E-state index in [2.05, 4.69) is 19.9 Å². The molecule has 0 spiro atoms. The summed E-state index contributed by atoms with van der Waals surface area (Å²) in [7, 11) is 1.55. The van der Waals surface area contributed by atoms with Crippen LogP contribution < -0.4 is 11.2 Å². The molecular weight excluding hydrogens is 246 g/mol. The van der Waals surface area contributed by atoms with Crippen molar-refractivity contribution in [2.75, 3.05) is 0 Å². The lowest BCUT2D eigenvalue weighted by atomic mass is 10.3. The number of aromatic nitrogens is 5. The molecule has 0 bridgehead atoms. The highest BCUT2D eigenvalue weighted by Gasteiger charge is 2.12. The zero-order valence-corrected chi connectivity index (χ0v) is 10.4. The topological polar surface area (TPSA) is 96.4 Å². The molecule has 0 saturated heterocycles. The molecule has 0 atom stereocenters. The molecule has 0 unspecified atom stereocenters. The number of imidazole rings is 1. The van der Waals surface area contributed by atoms with Gasteiger partial charge in [0.05, 0.1) is 0 Å². The smallest absolute Gasteiger partial charge is 0.329 e. The van der Waals surface area contributed by atoms with Crippen LogP contribution in [0.2, 0.25) is 0 Å². The summed E-state index contributed by atoms with van der Waals surface area (Å²) in [5, 5.41) is 0. The third kappa shape index (κ3) is 1.75. The zero-order chi connectivity index (χ0) is 13.6. The second-order valence-electron chi connectivity index (χ2n) is 4.27. The Morgan fingerprint density at radius 3 is 2.68 bits per heavy atom. The second kappa shape index (κ2) is 3.91. The first-order valence-corrected chi connectivity index (χ1v) is 5.69. The monoisotopic (exact) mass is 257 g/mol. The van der Waals surface area contributed by atoms with Crippen molar-refractivity contribution in [1.82, 2.24) is 24.5 Å². The van der Waals surface area contributed by atoms with Gasteiger partial charge in [0, 0.05) is 12.7 Å². The first-order valence-electron chi connectivity index (χ1n) is 5.69. The van der Waals surface area contributed by atoms with E-state index >= 15 is 0 Å². The van der Waals surface area contributed by atoms with E-state index in [0.29, 0.717) is 17.2 Å². The number of pyridine rings is 1. The van der Waals surface area contributed by atoms with E-state index < -0.39 is 11.2 Å². The highest BCUT2D eigenvalue weighted by Crippen LogP contribution is 2.15. The number of aromatic amines is 2. The molecule has 7 nitrogen and oxygen atoms in total. The number of rotatable bonds is 1. The quantitative estimate of drug-likeness (QED) is 0.656. The molecule has 0 amide bonds. The van der Waals surface area contributed by atoms with Crippen LogP contribution in [0.1, 0.15) is 5.69 Å². The predicted molar refractivity (Wildman–Crippen MR) is 69.9 cm³/mol. The summed E-state index contributed by atoms with van der Waals surface area (Å²) in [5.74, 6) is 0.463. The number of aryl methyl sites for hydroxylation is 2. The summed E-state index contributed by atoms with van der Waals surface area (Å²) >= 11 is 0. The molecular formula is C12H11N5O2. The Labute approximate surface area is 107 Å². The molecule has 0 aliphatic heterocycles. The maximum Gasteiger partial charge on any atom is 0.329 e. The van der Waals surface area contributed by atoms with E-state index in [0.717, 1.165) is 5.69 Å². The van der Waals surface area contributed by atoms with Crippen molar-refractivity contribution in [3.8, 4) is 11.5 Å². The molecule has 7 heteroatoms. The Morgan fingerprint density at radius 2 is 1.95 bits per heavy atom. The molecule has 0 aromatic carbocycles.